The maximum absolute atomic E-state index is 5.78. The molecule has 0 spiro atoms. The van der Waals surface area contributed by atoms with E-state index in [9.17, 15) is 0 Å². The van der Waals surface area contributed by atoms with Gasteiger partial charge in [0, 0.05) is 24.6 Å². The van der Waals surface area contributed by atoms with Crippen molar-refractivity contribution in [2.24, 2.45) is 18.7 Å². The third-order valence-corrected chi connectivity index (χ3v) is 3.86. The minimum absolute atomic E-state index is 0.579. The minimum Gasteiger partial charge on any atom is -0.330 e. The number of nitrogens with zero attached hydrogens (tertiary/aromatic N) is 4. The minimum atomic E-state index is 0.579. The molecule has 0 radical (unpaired) electrons. The molecule has 2 heterocycles. The van der Waals surface area contributed by atoms with Crippen LogP contribution in [0.1, 0.15) is 23.4 Å². The first-order valence-electron chi connectivity index (χ1n) is 6.74. The van der Waals surface area contributed by atoms with Gasteiger partial charge in [-0.15, -0.1) is 0 Å². The lowest BCUT2D eigenvalue weighted by atomic mass is 9.86. The van der Waals surface area contributed by atoms with E-state index in [-0.39, 0.29) is 0 Å². The molecule has 0 aromatic carbocycles. The third kappa shape index (κ3) is 2.26. The molecule has 1 unspecified atom stereocenters. The summed E-state index contributed by atoms with van der Waals surface area (Å²) >= 11 is 0. The van der Waals surface area contributed by atoms with Crippen LogP contribution in [0.15, 0.2) is 12.3 Å². The summed E-state index contributed by atoms with van der Waals surface area (Å²) in [5.41, 5.74) is 10.2. The zero-order chi connectivity index (χ0) is 13.4. The van der Waals surface area contributed by atoms with Crippen molar-refractivity contribution in [3.63, 3.8) is 0 Å². The summed E-state index contributed by atoms with van der Waals surface area (Å²) in [6.45, 7) is 2.81. The van der Waals surface area contributed by atoms with Crippen LogP contribution in [0.25, 0.3) is 11.5 Å². The van der Waals surface area contributed by atoms with Gasteiger partial charge in [-0.05, 0) is 50.3 Å². The standard InChI is InChI=1S/C14H19N5/c1-9-11-7-10(8-15)3-4-12(11)17-14(16-9)13-5-6-19(2)18-13/h5-6,10H,3-4,7-8,15H2,1-2H3. The summed E-state index contributed by atoms with van der Waals surface area (Å²) in [4.78, 5) is 9.31. The van der Waals surface area contributed by atoms with Gasteiger partial charge in [0.2, 0.25) is 0 Å². The summed E-state index contributed by atoms with van der Waals surface area (Å²) in [6, 6.07) is 1.95. The normalized spacial score (nSPS) is 18.4. The number of nitrogens with two attached hydrogens (primary N) is 1. The fourth-order valence-electron chi connectivity index (χ4n) is 2.71. The van der Waals surface area contributed by atoms with Crippen LogP contribution in [-0.2, 0) is 19.9 Å². The molecule has 19 heavy (non-hydrogen) atoms. The van der Waals surface area contributed by atoms with E-state index >= 15 is 0 Å². The molecule has 1 aliphatic rings. The van der Waals surface area contributed by atoms with E-state index in [0.29, 0.717) is 5.92 Å². The Morgan fingerprint density at radius 3 is 2.95 bits per heavy atom. The Balaban J connectivity index is 2.01. The molecule has 0 fully saturated rings. The number of hydrogen-bond acceptors (Lipinski definition) is 4. The lowest BCUT2D eigenvalue weighted by molar-refractivity contribution is 0.460. The number of fused-ring (bicyclic) bond motifs is 1. The lowest BCUT2D eigenvalue weighted by Gasteiger charge is -2.24. The highest BCUT2D eigenvalue weighted by Gasteiger charge is 2.22. The average Bonchev–Trinajstić information content (AvgIpc) is 2.85. The molecular weight excluding hydrogens is 238 g/mol. The molecule has 5 nitrogen and oxygen atoms in total. The smallest absolute Gasteiger partial charge is 0.180 e. The second-order valence-corrected chi connectivity index (χ2v) is 5.28. The van der Waals surface area contributed by atoms with Crippen molar-refractivity contribution < 1.29 is 0 Å². The van der Waals surface area contributed by atoms with Crippen LogP contribution in [-0.4, -0.2) is 26.3 Å². The molecule has 1 aliphatic carbocycles. The summed E-state index contributed by atoms with van der Waals surface area (Å²) in [5, 5.41) is 4.37. The fraction of sp³-hybridized carbons (Fsp3) is 0.500. The third-order valence-electron chi connectivity index (χ3n) is 3.86. The zero-order valence-corrected chi connectivity index (χ0v) is 11.4. The van der Waals surface area contributed by atoms with Crippen molar-refractivity contribution >= 4 is 0 Å². The van der Waals surface area contributed by atoms with Crippen molar-refractivity contribution in [2.45, 2.75) is 26.2 Å². The number of aryl methyl sites for hydroxylation is 3. The van der Waals surface area contributed by atoms with E-state index in [1.54, 1.807) is 4.68 Å². The lowest BCUT2D eigenvalue weighted by Crippen LogP contribution is -2.24. The maximum Gasteiger partial charge on any atom is 0.180 e. The first-order chi connectivity index (χ1) is 9.17. The predicted octanol–water partition coefficient (Wildman–Crippen LogP) is 1.25. The van der Waals surface area contributed by atoms with Gasteiger partial charge in [0.05, 0.1) is 0 Å². The van der Waals surface area contributed by atoms with Crippen LogP contribution < -0.4 is 5.73 Å². The molecule has 0 bridgehead atoms. The molecule has 0 saturated heterocycles. The molecule has 1 atom stereocenters. The van der Waals surface area contributed by atoms with Crippen LogP contribution >= 0.6 is 0 Å². The van der Waals surface area contributed by atoms with Gasteiger partial charge in [-0.25, -0.2) is 9.97 Å². The van der Waals surface area contributed by atoms with Crippen molar-refractivity contribution in [3.05, 3.63) is 29.2 Å². The van der Waals surface area contributed by atoms with E-state index in [0.717, 1.165) is 43.0 Å². The van der Waals surface area contributed by atoms with Gasteiger partial charge in [-0.1, -0.05) is 0 Å². The van der Waals surface area contributed by atoms with Gasteiger partial charge in [0.15, 0.2) is 5.82 Å². The van der Waals surface area contributed by atoms with E-state index in [4.69, 9.17) is 10.7 Å². The van der Waals surface area contributed by atoms with Crippen LogP contribution in [0.2, 0.25) is 0 Å². The van der Waals surface area contributed by atoms with Crippen molar-refractivity contribution in [1.29, 1.82) is 0 Å². The summed E-state index contributed by atoms with van der Waals surface area (Å²) in [7, 11) is 1.90. The first kappa shape index (κ1) is 12.3. The zero-order valence-electron chi connectivity index (χ0n) is 11.4. The van der Waals surface area contributed by atoms with Crippen LogP contribution in [0.3, 0.4) is 0 Å². The second-order valence-electron chi connectivity index (χ2n) is 5.28. The highest BCUT2D eigenvalue weighted by atomic mass is 15.3. The van der Waals surface area contributed by atoms with Gasteiger partial charge in [-0.2, -0.15) is 5.10 Å². The Bertz CT molecular complexity index is 602. The molecule has 2 aromatic rings. The Kier molecular flexibility index (Phi) is 3.06. The Morgan fingerprint density at radius 1 is 1.42 bits per heavy atom. The van der Waals surface area contributed by atoms with Gasteiger partial charge >= 0.3 is 0 Å². The molecule has 0 amide bonds. The quantitative estimate of drug-likeness (QED) is 0.879. The van der Waals surface area contributed by atoms with E-state index in [1.807, 2.05) is 19.3 Å². The van der Waals surface area contributed by atoms with Crippen LogP contribution in [0, 0.1) is 12.8 Å². The molecule has 0 aliphatic heterocycles. The summed E-state index contributed by atoms with van der Waals surface area (Å²) in [6.07, 6.45) is 5.06. The van der Waals surface area contributed by atoms with E-state index in [1.165, 1.54) is 11.3 Å². The van der Waals surface area contributed by atoms with Crippen molar-refractivity contribution in [2.75, 3.05) is 6.54 Å². The second kappa shape index (κ2) is 4.74. The van der Waals surface area contributed by atoms with Crippen molar-refractivity contribution in [1.82, 2.24) is 19.7 Å². The molecule has 0 saturated carbocycles. The molecule has 5 heteroatoms. The van der Waals surface area contributed by atoms with Gasteiger partial charge in [0.25, 0.3) is 0 Å². The molecule has 2 N–H and O–H groups in total. The predicted molar refractivity (Wildman–Crippen MR) is 73.5 cm³/mol. The number of aromatic nitrogens is 4. The monoisotopic (exact) mass is 257 g/mol. The average molecular weight is 257 g/mol. The van der Waals surface area contributed by atoms with E-state index in [2.05, 4.69) is 17.0 Å². The summed E-state index contributed by atoms with van der Waals surface area (Å²) in [5.74, 6) is 1.32. The Morgan fingerprint density at radius 2 is 2.26 bits per heavy atom. The molecule has 3 rings (SSSR count). The van der Waals surface area contributed by atoms with Gasteiger partial charge in [0.1, 0.15) is 5.69 Å². The largest absolute Gasteiger partial charge is 0.330 e. The topological polar surface area (TPSA) is 69.6 Å². The highest BCUT2D eigenvalue weighted by Crippen LogP contribution is 2.27. The Labute approximate surface area is 112 Å². The first-order valence-corrected chi connectivity index (χ1v) is 6.74. The summed E-state index contributed by atoms with van der Waals surface area (Å²) < 4.78 is 1.78. The van der Waals surface area contributed by atoms with Gasteiger partial charge < -0.3 is 5.73 Å². The van der Waals surface area contributed by atoms with Gasteiger partial charge in [-0.3, -0.25) is 4.68 Å². The molecule has 100 valence electrons. The number of hydrogen-bond donors (Lipinski definition) is 1. The highest BCUT2D eigenvalue weighted by molar-refractivity contribution is 5.50. The van der Waals surface area contributed by atoms with Crippen LogP contribution in [0.4, 0.5) is 0 Å². The molecular formula is C14H19N5. The maximum atomic E-state index is 5.78. The van der Waals surface area contributed by atoms with Crippen molar-refractivity contribution in [3.8, 4) is 11.5 Å². The number of rotatable bonds is 2. The molecule has 2 aromatic heterocycles. The Hall–Kier alpha value is -1.75. The fourth-order valence-corrected chi connectivity index (χ4v) is 2.71. The SMILES string of the molecule is Cc1nc(-c2ccn(C)n2)nc2c1CC(CN)CC2. The van der Waals surface area contributed by atoms with Crippen LogP contribution in [0.5, 0.6) is 0 Å². The van der Waals surface area contributed by atoms with E-state index < -0.39 is 0 Å².